The minimum atomic E-state index is 0. The van der Waals surface area contributed by atoms with E-state index in [4.69, 9.17) is 0 Å². The number of aryl methyl sites for hydroxylation is 1. The zero-order chi connectivity index (χ0) is 15.6. The summed E-state index contributed by atoms with van der Waals surface area (Å²) in [6, 6.07) is 11.8. The maximum Gasteiger partial charge on any atom is 0.0705 e. The third kappa shape index (κ3) is 3.90. The molecule has 0 saturated carbocycles. The summed E-state index contributed by atoms with van der Waals surface area (Å²) in [7, 11) is 0. The van der Waals surface area contributed by atoms with Crippen LogP contribution in [0.25, 0.3) is 10.9 Å². The van der Waals surface area contributed by atoms with Crippen LogP contribution in [0.4, 0.5) is 0 Å². The zero-order valence-corrected chi connectivity index (χ0v) is 15.3. The SMILES string of the molecule is Cc1ccc2cc(CN3CCC(C4CCCN4)CC3)ccc2n1.Cl. The lowest BCUT2D eigenvalue weighted by atomic mass is 9.88. The molecule has 0 amide bonds. The Morgan fingerprint density at radius 2 is 1.96 bits per heavy atom. The monoisotopic (exact) mass is 345 g/mol. The Morgan fingerprint density at radius 1 is 1.12 bits per heavy atom. The average Bonchev–Trinajstić information content (AvgIpc) is 3.10. The number of fused-ring (bicyclic) bond motifs is 1. The summed E-state index contributed by atoms with van der Waals surface area (Å²) in [5.74, 6) is 0.900. The highest BCUT2D eigenvalue weighted by Crippen LogP contribution is 2.26. The van der Waals surface area contributed by atoms with Crippen molar-refractivity contribution < 1.29 is 0 Å². The first-order valence-corrected chi connectivity index (χ1v) is 9.10. The van der Waals surface area contributed by atoms with Crippen LogP contribution in [0.15, 0.2) is 30.3 Å². The zero-order valence-electron chi connectivity index (χ0n) is 14.5. The number of pyridine rings is 1. The van der Waals surface area contributed by atoms with Gasteiger partial charge in [0.25, 0.3) is 0 Å². The van der Waals surface area contributed by atoms with Gasteiger partial charge in [-0.05, 0) is 81.9 Å². The molecule has 1 aromatic carbocycles. The van der Waals surface area contributed by atoms with E-state index < -0.39 is 0 Å². The standard InChI is InChI=1S/C20H27N3.ClH/c1-15-4-6-18-13-16(5-7-20(18)22-15)14-23-11-8-17(9-12-23)19-3-2-10-21-19;/h4-7,13,17,19,21H,2-3,8-12,14H2,1H3;1H. The normalized spacial score (nSPS) is 22.6. The smallest absolute Gasteiger partial charge is 0.0705 e. The fourth-order valence-electron chi connectivity index (χ4n) is 4.26. The van der Waals surface area contributed by atoms with Crippen molar-refractivity contribution in [3.63, 3.8) is 0 Å². The molecule has 2 saturated heterocycles. The van der Waals surface area contributed by atoms with E-state index in [-0.39, 0.29) is 12.4 Å². The number of aromatic nitrogens is 1. The van der Waals surface area contributed by atoms with Gasteiger partial charge in [0, 0.05) is 23.7 Å². The first-order chi connectivity index (χ1) is 11.3. The highest BCUT2D eigenvalue weighted by Gasteiger charge is 2.28. The summed E-state index contributed by atoms with van der Waals surface area (Å²) in [6.45, 7) is 6.85. The van der Waals surface area contributed by atoms with Gasteiger partial charge in [0.15, 0.2) is 0 Å². The quantitative estimate of drug-likeness (QED) is 0.913. The van der Waals surface area contributed by atoms with E-state index in [1.54, 1.807) is 0 Å². The van der Waals surface area contributed by atoms with Gasteiger partial charge in [0.05, 0.1) is 5.52 Å². The molecule has 1 unspecified atom stereocenters. The predicted molar refractivity (Wildman–Crippen MR) is 103 cm³/mol. The summed E-state index contributed by atoms with van der Waals surface area (Å²) in [5.41, 5.74) is 3.62. The van der Waals surface area contributed by atoms with Crippen LogP contribution < -0.4 is 5.32 Å². The van der Waals surface area contributed by atoms with Gasteiger partial charge in [0.1, 0.15) is 0 Å². The van der Waals surface area contributed by atoms with E-state index in [0.717, 1.165) is 29.7 Å². The Bertz CT molecular complexity index is 674. The van der Waals surface area contributed by atoms with Crippen molar-refractivity contribution in [2.45, 2.75) is 45.2 Å². The lowest BCUT2D eigenvalue weighted by Crippen LogP contribution is -2.40. The molecule has 0 aliphatic carbocycles. The van der Waals surface area contributed by atoms with Crippen LogP contribution in [0, 0.1) is 12.8 Å². The molecule has 2 aromatic rings. The largest absolute Gasteiger partial charge is 0.314 e. The van der Waals surface area contributed by atoms with Gasteiger partial charge < -0.3 is 5.32 Å². The lowest BCUT2D eigenvalue weighted by Gasteiger charge is -2.35. The van der Waals surface area contributed by atoms with Gasteiger partial charge in [0.2, 0.25) is 0 Å². The minimum Gasteiger partial charge on any atom is -0.314 e. The van der Waals surface area contributed by atoms with Crippen molar-refractivity contribution in [3.05, 3.63) is 41.6 Å². The van der Waals surface area contributed by atoms with E-state index in [2.05, 4.69) is 52.5 Å². The summed E-state index contributed by atoms with van der Waals surface area (Å²) < 4.78 is 0. The molecule has 2 aliphatic heterocycles. The summed E-state index contributed by atoms with van der Waals surface area (Å²) in [4.78, 5) is 7.22. The Hall–Kier alpha value is -1.16. The van der Waals surface area contributed by atoms with Crippen LogP contribution in [-0.2, 0) is 6.54 Å². The van der Waals surface area contributed by atoms with Crippen LogP contribution in [0.5, 0.6) is 0 Å². The molecular formula is C20H28ClN3. The molecule has 4 heteroatoms. The molecule has 0 radical (unpaired) electrons. The second-order valence-electron chi connectivity index (χ2n) is 7.30. The summed E-state index contributed by atoms with van der Waals surface area (Å²) in [5, 5.41) is 4.95. The highest BCUT2D eigenvalue weighted by molar-refractivity contribution is 5.85. The molecule has 24 heavy (non-hydrogen) atoms. The van der Waals surface area contributed by atoms with Gasteiger partial charge in [-0.3, -0.25) is 9.88 Å². The third-order valence-electron chi connectivity index (χ3n) is 5.60. The molecule has 4 rings (SSSR count). The molecule has 0 spiro atoms. The van der Waals surface area contributed by atoms with E-state index in [9.17, 15) is 0 Å². The van der Waals surface area contributed by atoms with Crippen LogP contribution in [0.3, 0.4) is 0 Å². The molecule has 2 aliphatic rings. The van der Waals surface area contributed by atoms with Crippen molar-refractivity contribution in [2.75, 3.05) is 19.6 Å². The summed E-state index contributed by atoms with van der Waals surface area (Å²) >= 11 is 0. The molecule has 1 N–H and O–H groups in total. The summed E-state index contributed by atoms with van der Waals surface area (Å²) in [6.07, 6.45) is 5.47. The van der Waals surface area contributed by atoms with E-state index in [0.29, 0.717) is 0 Å². The second-order valence-corrected chi connectivity index (χ2v) is 7.30. The van der Waals surface area contributed by atoms with Gasteiger partial charge >= 0.3 is 0 Å². The predicted octanol–water partition coefficient (Wildman–Crippen LogP) is 3.93. The number of nitrogens with zero attached hydrogens (tertiary/aromatic N) is 2. The van der Waals surface area contributed by atoms with Crippen LogP contribution in [0.1, 0.15) is 36.9 Å². The first-order valence-electron chi connectivity index (χ1n) is 9.10. The maximum atomic E-state index is 4.60. The number of nitrogens with one attached hydrogen (secondary N) is 1. The maximum absolute atomic E-state index is 4.60. The number of halogens is 1. The van der Waals surface area contributed by atoms with Crippen molar-refractivity contribution >= 4 is 23.3 Å². The van der Waals surface area contributed by atoms with Crippen molar-refractivity contribution in [1.82, 2.24) is 15.2 Å². The Labute approximate surface area is 151 Å². The molecule has 2 fully saturated rings. The topological polar surface area (TPSA) is 28.2 Å². The van der Waals surface area contributed by atoms with Gasteiger partial charge in [-0.15, -0.1) is 12.4 Å². The van der Waals surface area contributed by atoms with E-state index >= 15 is 0 Å². The molecule has 130 valence electrons. The fourth-order valence-corrected chi connectivity index (χ4v) is 4.26. The lowest BCUT2D eigenvalue weighted by molar-refractivity contribution is 0.157. The van der Waals surface area contributed by atoms with Crippen LogP contribution in [0.2, 0.25) is 0 Å². The number of benzene rings is 1. The minimum absolute atomic E-state index is 0. The molecule has 3 heterocycles. The fraction of sp³-hybridized carbons (Fsp3) is 0.550. The van der Waals surface area contributed by atoms with E-state index in [1.165, 1.54) is 56.3 Å². The molecule has 0 bridgehead atoms. The average molecular weight is 346 g/mol. The van der Waals surface area contributed by atoms with Gasteiger partial charge in [-0.1, -0.05) is 12.1 Å². The second kappa shape index (κ2) is 7.81. The Kier molecular flexibility index (Phi) is 5.75. The van der Waals surface area contributed by atoms with Crippen LogP contribution >= 0.6 is 12.4 Å². The third-order valence-corrected chi connectivity index (χ3v) is 5.60. The molecule has 3 nitrogen and oxygen atoms in total. The highest BCUT2D eigenvalue weighted by atomic mass is 35.5. The van der Waals surface area contributed by atoms with E-state index in [1.807, 2.05) is 0 Å². The Balaban J connectivity index is 0.00000169. The molecule has 1 atom stereocenters. The Morgan fingerprint density at radius 3 is 2.71 bits per heavy atom. The van der Waals surface area contributed by atoms with Gasteiger partial charge in [-0.2, -0.15) is 0 Å². The number of hydrogen-bond donors (Lipinski definition) is 1. The molecular weight excluding hydrogens is 318 g/mol. The van der Waals surface area contributed by atoms with Gasteiger partial charge in [-0.25, -0.2) is 0 Å². The number of rotatable bonds is 3. The van der Waals surface area contributed by atoms with Crippen LogP contribution in [-0.4, -0.2) is 35.6 Å². The first kappa shape index (κ1) is 17.7. The number of piperidine rings is 1. The molecule has 1 aromatic heterocycles. The van der Waals surface area contributed by atoms with Crippen molar-refractivity contribution in [1.29, 1.82) is 0 Å². The van der Waals surface area contributed by atoms with Crippen molar-refractivity contribution in [3.8, 4) is 0 Å². The number of hydrogen-bond acceptors (Lipinski definition) is 3. The van der Waals surface area contributed by atoms with Crippen molar-refractivity contribution in [2.24, 2.45) is 5.92 Å². The number of likely N-dealkylation sites (tertiary alicyclic amines) is 1.